The van der Waals surface area contributed by atoms with E-state index in [4.69, 9.17) is 9.47 Å². The Morgan fingerprint density at radius 2 is 1.56 bits per heavy atom. The summed E-state index contributed by atoms with van der Waals surface area (Å²) in [7, 11) is 0. The third-order valence-corrected chi connectivity index (χ3v) is 4.29. The van der Waals surface area contributed by atoms with Crippen LogP contribution < -0.4 is 10.6 Å². The fraction of sp³-hybridized carbons (Fsp3) is 0.200. The Morgan fingerprint density at radius 3 is 2.15 bits per heavy atom. The molecule has 0 spiro atoms. The summed E-state index contributed by atoms with van der Waals surface area (Å²) < 4.78 is 11.4. The molecule has 1 fully saturated rings. The number of nitrogens with one attached hydrogen (secondary N) is 2. The lowest BCUT2D eigenvalue weighted by Gasteiger charge is -2.31. The molecule has 0 bridgehead atoms. The Balaban J connectivity index is 1.91. The minimum atomic E-state index is -1.29. The van der Waals surface area contributed by atoms with Gasteiger partial charge in [0.1, 0.15) is 5.82 Å². The standard InChI is InChI=1S/C20H19BrN2O4/c1-20(2)26-18(24)16(19(25)27-20)17(22-12-13-6-4-3-5-7-13)23-15-10-8-14(21)9-11-15/h3-11,22-23H,12H2,1-2H3. The largest absolute Gasteiger partial charge is 0.419 e. The predicted molar refractivity (Wildman–Crippen MR) is 104 cm³/mol. The first-order chi connectivity index (χ1) is 12.8. The molecule has 1 saturated heterocycles. The van der Waals surface area contributed by atoms with Crippen molar-refractivity contribution in [3.63, 3.8) is 0 Å². The van der Waals surface area contributed by atoms with Crippen LogP contribution in [0.15, 0.2) is 70.5 Å². The number of cyclic esters (lactones) is 2. The lowest BCUT2D eigenvalue weighted by atomic mass is 10.2. The number of carbonyl (C=O) groups is 2. The van der Waals surface area contributed by atoms with Crippen LogP contribution in [0.25, 0.3) is 0 Å². The maximum Gasteiger partial charge on any atom is 0.352 e. The zero-order valence-corrected chi connectivity index (χ0v) is 16.5. The summed E-state index contributed by atoms with van der Waals surface area (Å²) in [5.74, 6) is -2.54. The van der Waals surface area contributed by atoms with E-state index in [1.54, 1.807) is 0 Å². The van der Waals surface area contributed by atoms with Gasteiger partial charge in [-0.2, -0.15) is 0 Å². The maximum atomic E-state index is 12.4. The van der Waals surface area contributed by atoms with Crippen molar-refractivity contribution in [2.24, 2.45) is 0 Å². The van der Waals surface area contributed by atoms with Crippen LogP contribution >= 0.6 is 15.9 Å². The molecule has 140 valence electrons. The van der Waals surface area contributed by atoms with Crippen LogP contribution in [0.2, 0.25) is 0 Å². The first-order valence-corrected chi connectivity index (χ1v) is 9.15. The van der Waals surface area contributed by atoms with E-state index in [1.807, 2.05) is 54.6 Å². The van der Waals surface area contributed by atoms with Crippen molar-refractivity contribution >= 4 is 33.6 Å². The van der Waals surface area contributed by atoms with Crippen molar-refractivity contribution in [3.05, 3.63) is 76.0 Å². The second-order valence-corrected chi connectivity index (χ2v) is 7.32. The molecular formula is C20H19BrN2O4. The minimum Gasteiger partial charge on any atom is -0.419 e. The van der Waals surface area contributed by atoms with E-state index in [0.29, 0.717) is 12.2 Å². The van der Waals surface area contributed by atoms with Gasteiger partial charge >= 0.3 is 11.9 Å². The monoisotopic (exact) mass is 430 g/mol. The van der Waals surface area contributed by atoms with E-state index in [0.717, 1.165) is 10.0 Å². The highest BCUT2D eigenvalue weighted by Crippen LogP contribution is 2.25. The van der Waals surface area contributed by atoms with E-state index < -0.39 is 17.7 Å². The summed E-state index contributed by atoms with van der Waals surface area (Å²) in [5, 5.41) is 6.19. The van der Waals surface area contributed by atoms with Crippen molar-refractivity contribution in [1.29, 1.82) is 0 Å². The van der Waals surface area contributed by atoms with Gasteiger partial charge in [-0.3, -0.25) is 0 Å². The first-order valence-electron chi connectivity index (χ1n) is 8.35. The van der Waals surface area contributed by atoms with Crippen molar-refractivity contribution < 1.29 is 19.1 Å². The third kappa shape index (κ3) is 4.89. The molecule has 1 aliphatic heterocycles. The molecule has 2 aromatic rings. The quantitative estimate of drug-likeness (QED) is 0.427. The van der Waals surface area contributed by atoms with Gasteiger partial charge in [-0.1, -0.05) is 46.3 Å². The van der Waals surface area contributed by atoms with Crippen LogP contribution in [0.3, 0.4) is 0 Å². The van der Waals surface area contributed by atoms with Crippen molar-refractivity contribution in [2.45, 2.75) is 26.2 Å². The molecule has 0 amide bonds. The van der Waals surface area contributed by atoms with Gasteiger partial charge in [-0.15, -0.1) is 0 Å². The Labute approximate surface area is 165 Å². The number of esters is 2. The second kappa shape index (κ2) is 7.84. The van der Waals surface area contributed by atoms with Gasteiger partial charge in [0.05, 0.1) is 0 Å². The second-order valence-electron chi connectivity index (χ2n) is 6.40. The zero-order valence-electron chi connectivity index (χ0n) is 14.9. The summed E-state index contributed by atoms with van der Waals surface area (Å²) in [5.41, 5.74) is 1.49. The molecule has 0 aromatic heterocycles. The van der Waals surface area contributed by atoms with Gasteiger partial charge in [0.15, 0.2) is 5.57 Å². The lowest BCUT2D eigenvalue weighted by Crippen LogP contribution is -2.44. The van der Waals surface area contributed by atoms with Gasteiger partial charge < -0.3 is 20.1 Å². The van der Waals surface area contributed by atoms with E-state index in [1.165, 1.54) is 13.8 Å². The molecule has 27 heavy (non-hydrogen) atoms. The smallest absolute Gasteiger partial charge is 0.352 e. The number of halogens is 1. The van der Waals surface area contributed by atoms with Crippen LogP contribution in [0.5, 0.6) is 0 Å². The van der Waals surface area contributed by atoms with Crippen LogP contribution in [0, 0.1) is 0 Å². The van der Waals surface area contributed by atoms with E-state index in [-0.39, 0.29) is 11.4 Å². The Hall–Kier alpha value is -2.80. The molecule has 0 radical (unpaired) electrons. The molecule has 1 heterocycles. The SMILES string of the molecule is CC1(C)OC(=O)C(=C(NCc2ccccc2)Nc2ccc(Br)cc2)C(=O)O1. The first kappa shape index (κ1) is 19.0. The van der Waals surface area contributed by atoms with E-state index in [2.05, 4.69) is 26.6 Å². The van der Waals surface area contributed by atoms with Crippen molar-refractivity contribution in [3.8, 4) is 0 Å². The molecule has 0 saturated carbocycles. The fourth-order valence-electron chi connectivity index (χ4n) is 2.52. The number of hydrogen-bond acceptors (Lipinski definition) is 6. The number of anilines is 1. The molecule has 2 aromatic carbocycles. The number of rotatable bonds is 5. The van der Waals surface area contributed by atoms with Gasteiger partial charge in [-0.25, -0.2) is 9.59 Å². The normalized spacial score (nSPS) is 15.6. The topological polar surface area (TPSA) is 76.7 Å². The van der Waals surface area contributed by atoms with Crippen LogP contribution in [-0.4, -0.2) is 17.7 Å². The van der Waals surface area contributed by atoms with Crippen molar-refractivity contribution in [2.75, 3.05) is 5.32 Å². The van der Waals surface area contributed by atoms with Crippen LogP contribution in [0.1, 0.15) is 19.4 Å². The van der Waals surface area contributed by atoms with E-state index >= 15 is 0 Å². The highest BCUT2D eigenvalue weighted by atomic mass is 79.9. The van der Waals surface area contributed by atoms with Crippen molar-refractivity contribution in [1.82, 2.24) is 5.32 Å². The molecule has 2 N–H and O–H groups in total. The number of hydrogen-bond donors (Lipinski definition) is 2. The number of ether oxygens (including phenoxy) is 2. The molecule has 3 rings (SSSR count). The van der Waals surface area contributed by atoms with Gasteiger partial charge in [0.25, 0.3) is 5.79 Å². The fourth-order valence-corrected chi connectivity index (χ4v) is 2.78. The van der Waals surface area contributed by atoms with Gasteiger partial charge in [0.2, 0.25) is 0 Å². The molecule has 1 aliphatic rings. The zero-order chi connectivity index (χ0) is 19.4. The minimum absolute atomic E-state index is 0.201. The number of benzene rings is 2. The average molecular weight is 431 g/mol. The van der Waals surface area contributed by atoms with Gasteiger partial charge in [-0.05, 0) is 29.8 Å². The summed E-state index contributed by atoms with van der Waals surface area (Å²) in [6.45, 7) is 3.44. The highest BCUT2D eigenvalue weighted by molar-refractivity contribution is 9.10. The number of carbonyl (C=O) groups excluding carboxylic acids is 2. The molecule has 6 nitrogen and oxygen atoms in total. The molecular weight excluding hydrogens is 412 g/mol. The highest BCUT2D eigenvalue weighted by Gasteiger charge is 2.41. The molecule has 0 atom stereocenters. The van der Waals surface area contributed by atoms with Crippen LogP contribution in [0.4, 0.5) is 5.69 Å². The third-order valence-electron chi connectivity index (χ3n) is 3.76. The Bertz CT molecular complexity index is 855. The lowest BCUT2D eigenvalue weighted by molar-refractivity contribution is -0.222. The van der Waals surface area contributed by atoms with Crippen LogP contribution in [-0.2, 0) is 25.6 Å². The Kier molecular flexibility index (Phi) is 5.51. The molecule has 7 heteroatoms. The summed E-state index contributed by atoms with van der Waals surface area (Å²) in [6, 6.07) is 17.0. The maximum absolute atomic E-state index is 12.4. The summed E-state index contributed by atoms with van der Waals surface area (Å²) >= 11 is 3.38. The summed E-state index contributed by atoms with van der Waals surface area (Å²) in [4.78, 5) is 24.9. The molecule has 0 aliphatic carbocycles. The molecule has 0 unspecified atom stereocenters. The van der Waals surface area contributed by atoms with E-state index in [9.17, 15) is 9.59 Å². The average Bonchev–Trinajstić information content (AvgIpc) is 2.60. The Morgan fingerprint density at radius 1 is 0.963 bits per heavy atom. The predicted octanol–water partition coefficient (Wildman–Crippen LogP) is 3.70. The summed E-state index contributed by atoms with van der Waals surface area (Å²) in [6.07, 6.45) is 0. The van der Waals surface area contributed by atoms with Gasteiger partial charge in [0, 0.05) is 30.6 Å².